The minimum atomic E-state index is -0.643. The Morgan fingerprint density at radius 3 is 2.65 bits per heavy atom. The fraction of sp³-hybridized carbons (Fsp3) is 0.0952. The molecule has 1 saturated heterocycles. The van der Waals surface area contributed by atoms with Crippen molar-refractivity contribution in [2.45, 2.75) is 6.54 Å². The van der Waals surface area contributed by atoms with E-state index in [0.717, 1.165) is 22.2 Å². The van der Waals surface area contributed by atoms with Crippen molar-refractivity contribution in [3.63, 3.8) is 0 Å². The first-order valence-electron chi connectivity index (χ1n) is 8.83. The summed E-state index contributed by atoms with van der Waals surface area (Å²) in [4.78, 5) is 37.7. The molecule has 0 N–H and O–H groups in total. The number of imide groups is 1. The SMILES string of the molecule is COC(=O)c1ccc(CN2C(=O)SC(=Cc3ccc(-c4ccc(Cl)c(Cl)c4)o3)C2=O)o1. The van der Waals surface area contributed by atoms with Crippen LogP contribution in [0.4, 0.5) is 4.79 Å². The molecule has 3 heterocycles. The molecule has 7 nitrogen and oxygen atoms in total. The van der Waals surface area contributed by atoms with Gasteiger partial charge in [0.2, 0.25) is 5.76 Å². The van der Waals surface area contributed by atoms with Crippen molar-refractivity contribution in [1.29, 1.82) is 0 Å². The predicted molar refractivity (Wildman–Crippen MR) is 116 cm³/mol. The smallest absolute Gasteiger partial charge is 0.373 e. The van der Waals surface area contributed by atoms with Gasteiger partial charge in [0, 0.05) is 11.6 Å². The van der Waals surface area contributed by atoms with E-state index < -0.39 is 17.1 Å². The lowest BCUT2D eigenvalue weighted by atomic mass is 10.2. The maximum atomic E-state index is 12.7. The molecule has 2 amide bonds. The second-order valence-electron chi connectivity index (χ2n) is 6.36. The normalized spacial score (nSPS) is 15.2. The molecule has 0 bridgehead atoms. The summed E-state index contributed by atoms with van der Waals surface area (Å²) in [6.07, 6.45) is 1.49. The number of furan rings is 2. The molecule has 0 spiro atoms. The second kappa shape index (κ2) is 8.66. The number of methoxy groups -OCH3 is 1. The van der Waals surface area contributed by atoms with Crippen LogP contribution < -0.4 is 0 Å². The molecule has 10 heteroatoms. The minimum Gasteiger partial charge on any atom is -0.463 e. The van der Waals surface area contributed by atoms with Gasteiger partial charge in [0.1, 0.15) is 17.3 Å². The average molecular weight is 478 g/mol. The van der Waals surface area contributed by atoms with Crippen LogP contribution >= 0.6 is 35.0 Å². The summed E-state index contributed by atoms with van der Waals surface area (Å²) in [7, 11) is 1.23. The van der Waals surface area contributed by atoms with Crippen molar-refractivity contribution in [2.24, 2.45) is 0 Å². The maximum Gasteiger partial charge on any atom is 0.373 e. The van der Waals surface area contributed by atoms with E-state index in [-0.39, 0.29) is 23.0 Å². The Balaban J connectivity index is 1.51. The third kappa shape index (κ3) is 4.41. The molecule has 4 rings (SSSR count). The number of rotatable bonds is 5. The molecule has 0 unspecified atom stereocenters. The fourth-order valence-electron chi connectivity index (χ4n) is 2.83. The van der Waals surface area contributed by atoms with Crippen LogP contribution in [0.5, 0.6) is 0 Å². The zero-order valence-corrected chi connectivity index (χ0v) is 18.2. The number of esters is 1. The van der Waals surface area contributed by atoms with Crippen LogP contribution in [0.25, 0.3) is 17.4 Å². The van der Waals surface area contributed by atoms with Crippen LogP contribution in [0, 0.1) is 0 Å². The Morgan fingerprint density at radius 1 is 1.10 bits per heavy atom. The summed E-state index contributed by atoms with van der Waals surface area (Å²) in [6, 6.07) is 11.4. The summed E-state index contributed by atoms with van der Waals surface area (Å²) in [5, 5.41) is 0.371. The molecule has 1 aromatic carbocycles. The molecular weight excluding hydrogens is 465 g/mol. The quantitative estimate of drug-likeness (QED) is 0.335. The zero-order valence-electron chi connectivity index (χ0n) is 15.9. The molecule has 0 aliphatic carbocycles. The summed E-state index contributed by atoms with van der Waals surface area (Å²) < 4.78 is 15.7. The monoisotopic (exact) mass is 477 g/mol. The molecule has 31 heavy (non-hydrogen) atoms. The molecule has 0 saturated carbocycles. The summed E-state index contributed by atoms with van der Waals surface area (Å²) in [5.41, 5.74) is 0.724. The van der Waals surface area contributed by atoms with Crippen LogP contribution in [0.1, 0.15) is 22.1 Å². The number of carbonyl (C=O) groups is 3. The van der Waals surface area contributed by atoms with Gasteiger partial charge in [-0.25, -0.2) is 4.79 Å². The van der Waals surface area contributed by atoms with E-state index >= 15 is 0 Å². The van der Waals surface area contributed by atoms with Crippen LogP contribution in [0.3, 0.4) is 0 Å². The van der Waals surface area contributed by atoms with Gasteiger partial charge in [-0.2, -0.15) is 0 Å². The molecule has 1 aliphatic heterocycles. The van der Waals surface area contributed by atoms with Crippen LogP contribution in [0.15, 0.2) is 56.2 Å². The summed E-state index contributed by atoms with van der Waals surface area (Å²) >= 11 is 12.8. The van der Waals surface area contributed by atoms with Gasteiger partial charge in [-0.3, -0.25) is 14.5 Å². The Morgan fingerprint density at radius 2 is 1.90 bits per heavy atom. The first-order valence-corrected chi connectivity index (χ1v) is 10.4. The molecule has 158 valence electrons. The van der Waals surface area contributed by atoms with E-state index in [2.05, 4.69) is 4.74 Å². The van der Waals surface area contributed by atoms with Gasteiger partial charge in [0.05, 0.1) is 28.6 Å². The molecule has 0 atom stereocenters. The van der Waals surface area contributed by atoms with Crippen LogP contribution in [0.2, 0.25) is 10.0 Å². The van der Waals surface area contributed by atoms with E-state index in [1.807, 2.05) is 0 Å². The van der Waals surface area contributed by atoms with Gasteiger partial charge in [0.25, 0.3) is 11.1 Å². The third-order valence-corrected chi connectivity index (χ3v) is 5.99. The van der Waals surface area contributed by atoms with Gasteiger partial charge in [-0.1, -0.05) is 23.2 Å². The minimum absolute atomic E-state index is 0.00886. The van der Waals surface area contributed by atoms with E-state index in [0.29, 0.717) is 21.6 Å². The van der Waals surface area contributed by atoms with Crippen molar-refractivity contribution in [3.05, 3.63) is 74.7 Å². The highest BCUT2D eigenvalue weighted by Gasteiger charge is 2.36. The van der Waals surface area contributed by atoms with E-state index in [1.165, 1.54) is 25.3 Å². The molecule has 1 aliphatic rings. The Bertz CT molecular complexity index is 1230. The number of amides is 2. The van der Waals surface area contributed by atoms with Gasteiger partial charge in [0.15, 0.2) is 0 Å². The van der Waals surface area contributed by atoms with Crippen molar-refractivity contribution in [1.82, 2.24) is 4.90 Å². The maximum absolute atomic E-state index is 12.7. The second-order valence-corrected chi connectivity index (χ2v) is 8.16. The zero-order chi connectivity index (χ0) is 22.1. The van der Waals surface area contributed by atoms with E-state index in [1.54, 1.807) is 30.3 Å². The van der Waals surface area contributed by atoms with Crippen molar-refractivity contribution in [3.8, 4) is 11.3 Å². The number of carbonyl (C=O) groups excluding carboxylic acids is 3. The Hall–Kier alpha value is -2.94. The Labute approximate surface area is 190 Å². The lowest BCUT2D eigenvalue weighted by Crippen LogP contribution is -2.27. The van der Waals surface area contributed by atoms with Gasteiger partial charge >= 0.3 is 5.97 Å². The number of halogens is 2. The highest BCUT2D eigenvalue weighted by Crippen LogP contribution is 2.35. The number of ether oxygens (including phenoxy) is 1. The summed E-state index contributed by atoms with van der Waals surface area (Å²) in [5.74, 6) is 0.0798. The number of thioether (sulfide) groups is 1. The highest BCUT2D eigenvalue weighted by atomic mass is 35.5. The summed E-state index contributed by atoms with van der Waals surface area (Å²) in [6.45, 7) is -0.105. The van der Waals surface area contributed by atoms with E-state index in [4.69, 9.17) is 32.0 Å². The van der Waals surface area contributed by atoms with Crippen molar-refractivity contribution < 1.29 is 28.0 Å². The fourth-order valence-corrected chi connectivity index (χ4v) is 3.95. The number of nitrogens with zero attached hydrogens (tertiary/aromatic N) is 1. The molecule has 3 aromatic rings. The van der Waals surface area contributed by atoms with Crippen molar-refractivity contribution >= 4 is 58.2 Å². The molecule has 0 radical (unpaired) electrons. The number of benzene rings is 1. The van der Waals surface area contributed by atoms with Gasteiger partial charge in [-0.05, 0) is 54.2 Å². The number of hydrogen-bond donors (Lipinski definition) is 0. The number of hydrogen-bond acceptors (Lipinski definition) is 7. The standard InChI is InChI=1S/C21H13Cl2NO6S/c1-28-20(26)17-7-4-13(30-17)10-24-19(25)18(31-21(24)27)9-12-3-6-16(29-12)11-2-5-14(22)15(23)8-11/h2-9H,10H2,1H3. The van der Waals surface area contributed by atoms with Gasteiger partial charge in [-0.15, -0.1) is 0 Å². The van der Waals surface area contributed by atoms with Crippen LogP contribution in [-0.4, -0.2) is 29.1 Å². The first kappa shape index (κ1) is 21.3. The largest absolute Gasteiger partial charge is 0.463 e. The molecule has 1 fully saturated rings. The highest BCUT2D eigenvalue weighted by molar-refractivity contribution is 8.18. The topological polar surface area (TPSA) is 90.0 Å². The third-order valence-electron chi connectivity index (χ3n) is 4.34. The lowest BCUT2D eigenvalue weighted by molar-refractivity contribution is -0.123. The van der Waals surface area contributed by atoms with Crippen molar-refractivity contribution in [2.75, 3.05) is 7.11 Å². The van der Waals surface area contributed by atoms with E-state index in [9.17, 15) is 14.4 Å². The van der Waals surface area contributed by atoms with Gasteiger partial charge < -0.3 is 13.6 Å². The molecular formula is C21H13Cl2NO6S. The first-order chi connectivity index (χ1) is 14.9. The van der Waals surface area contributed by atoms with Crippen LogP contribution in [-0.2, 0) is 16.1 Å². The lowest BCUT2D eigenvalue weighted by Gasteiger charge is -2.09. The average Bonchev–Trinajstić information content (AvgIpc) is 3.47. The Kier molecular flexibility index (Phi) is 5.95. The predicted octanol–water partition coefficient (Wildman–Crippen LogP) is 5.87. The molecule has 2 aromatic heterocycles.